The molecule has 0 N–H and O–H groups in total. The van der Waals surface area contributed by atoms with Crippen molar-refractivity contribution in [2.24, 2.45) is 0 Å². The summed E-state index contributed by atoms with van der Waals surface area (Å²) in [6.45, 7) is 3.45. The summed E-state index contributed by atoms with van der Waals surface area (Å²) >= 11 is 0. The molecule has 0 aliphatic heterocycles. The molecule has 15 heavy (non-hydrogen) atoms. The fourth-order valence-corrected chi connectivity index (χ4v) is 1.42. The highest BCUT2D eigenvalue weighted by molar-refractivity contribution is 5.30. The second-order valence-corrected chi connectivity index (χ2v) is 3.30. The summed E-state index contributed by atoms with van der Waals surface area (Å²) in [6.07, 6.45) is -1.87. The molecular weight excluding hydrogens is 200 g/mol. The van der Waals surface area contributed by atoms with E-state index < -0.39 is 16.0 Å². The van der Waals surface area contributed by atoms with Gasteiger partial charge in [-0.25, -0.2) is 0 Å². The second kappa shape index (κ2) is 4.04. The second-order valence-electron chi connectivity index (χ2n) is 3.30. The van der Waals surface area contributed by atoms with Gasteiger partial charge >= 0.3 is 6.17 Å². The average molecular weight is 210 g/mol. The maximum atomic E-state index is 10.5. The van der Waals surface area contributed by atoms with Crippen LogP contribution in [0, 0.1) is 34.1 Å². The third-order valence-electron chi connectivity index (χ3n) is 2.10. The van der Waals surface area contributed by atoms with Gasteiger partial charge in [-0.1, -0.05) is 17.7 Å². The van der Waals surface area contributed by atoms with Crippen molar-refractivity contribution in [2.45, 2.75) is 20.0 Å². The van der Waals surface area contributed by atoms with E-state index in [4.69, 9.17) is 0 Å². The summed E-state index contributed by atoms with van der Waals surface area (Å²) < 4.78 is 0. The lowest BCUT2D eigenvalue weighted by molar-refractivity contribution is -0.752. The summed E-state index contributed by atoms with van der Waals surface area (Å²) in [4.78, 5) is 19.3. The van der Waals surface area contributed by atoms with Crippen LogP contribution in [0.1, 0.15) is 22.9 Å². The fourth-order valence-electron chi connectivity index (χ4n) is 1.42. The largest absolute Gasteiger partial charge is 0.476 e. The summed E-state index contributed by atoms with van der Waals surface area (Å²) in [5, 5.41) is 21.1. The molecule has 1 aromatic rings. The van der Waals surface area contributed by atoms with E-state index in [1.807, 2.05) is 6.92 Å². The highest BCUT2D eigenvalue weighted by atomic mass is 16.7. The smallest absolute Gasteiger partial charge is 0.258 e. The SMILES string of the molecule is Cc1ccc(C([N+](=O)[O-])[N+](=O)[O-])c(C)c1. The van der Waals surface area contributed by atoms with Crippen molar-refractivity contribution in [2.75, 3.05) is 0 Å². The first-order chi connectivity index (χ1) is 6.93. The van der Waals surface area contributed by atoms with Crippen molar-refractivity contribution in [1.29, 1.82) is 0 Å². The lowest BCUT2D eigenvalue weighted by Gasteiger charge is -2.05. The highest BCUT2D eigenvalue weighted by Crippen LogP contribution is 2.21. The zero-order valence-electron chi connectivity index (χ0n) is 8.34. The summed E-state index contributed by atoms with van der Waals surface area (Å²) in [7, 11) is 0. The minimum absolute atomic E-state index is 0.135. The maximum Gasteiger partial charge on any atom is 0.476 e. The lowest BCUT2D eigenvalue weighted by Crippen LogP contribution is -2.20. The van der Waals surface area contributed by atoms with Crippen LogP contribution < -0.4 is 0 Å². The van der Waals surface area contributed by atoms with E-state index in [1.54, 1.807) is 19.1 Å². The van der Waals surface area contributed by atoms with Crippen molar-refractivity contribution in [3.8, 4) is 0 Å². The Morgan fingerprint density at radius 3 is 2.07 bits per heavy atom. The first-order valence-electron chi connectivity index (χ1n) is 4.27. The monoisotopic (exact) mass is 210 g/mol. The zero-order valence-corrected chi connectivity index (χ0v) is 8.34. The molecule has 0 saturated heterocycles. The summed E-state index contributed by atoms with van der Waals surface area (Å²) in [6, 6.07) is 4.75. The van der Waals surface area contributed by atoms with Crippen molar-refractivity contribution in [3.05, 3.63) is 55.1 Å². The Morgan fingerprint density at radius 2 is 1.67 bits per heavy atom. The Labute approximate surface area is 85.8 Å². The van der Waals surface area contributed by atoms with Gasteiger partial charge in [0.25, 0.3) is 0 Å². The molecule has 0 radical (unpaired) electrons. The van der Waals surface area contributed by atoms with Crippen LogP contribution >= 0.6 is 0 Å². The highest BCUT2D eigenvalue weighted by Gasteiger charge is 2.35. The molecule has 0 saturated carbocycles. The molecule has 6 nitrogen and oxygen atoms in total. The van der Waals surface area contributed by atoms with Gasteiger partial charge in [0, 0.05) is 0 Å². The molecule has 0 heterocycles. The van der Waals surface area contributed by atoms with E-state index in [0.717, 1.165) is 5.56 Å². The van der Waals surface area contributed by atoms with Crippen LogP contribution in [0.15, 0.2) is 18.2 Å². The Morgan fingerprint density at radius 1 is 1.13 bits per heavy atom. The van der Waals surface area contributed by atoms with Gasteiger partial charge in [0.1, 0.15) is 15.4 Å². The fraction of sp³-hybridized carbons (Fsp3) is 0.333. The van der Waals surface area contributed by atoms with Crippen molar-refractivity contribution in [3.63, 3.8) is 0 Å². The predicted molar refractivity (Wildman–Crippen MR) is 52.6 cm³/mol. The summed E-state index contributed by atoms with van der Waals surface area (Å²) in [5.74, 6) is 0. The van der Waals surface area contributed by atoms with E-state index in [2.05, 4.69) is 0 Å². The Kier molecular flexibility index (Phi) is 2.99. The van der Waals surface area contributed by atoms with Crippen LogP contribution in [0.2, 0.25) is 0 Å². The average Bonchev–Trinajstić information content (AvgIpc) is 2.08. The minimum atomic E-state index is -1.87. The normalized spacial score (nSPS) is 10.3. The Hall–Kier alpha value is -1.98. The molecule has 1 aromatic carbocycles. The molecule has 1 rings (SSSR count). The molecule has 0 unspecified atom stereocenters. The van der Waals surface area contributed by atoms with Crippen LogP contribution in [0.4, 0.5) is 0 Å². The molecule has 0 spiro atoms. The van der Waals surface area contributed by atoms with Crippen LogP contribution in [-0.4, -0.2) is 9.85 Å². The van der Waals surface area contributed by atoms with Crippen LogP contribution in [-0.2, 0) is 0 Å². The van der Waals surface area contributed by atoms with E-state index in [-0.39, 0.29) is 5.56 Å². The number of hydrogen-bond acceptors (Lipinski definition) is 4. The van der Waals surface area contributed by atoms with Gasteiger partial charge in [-0.15, -0.1) is 0 Å². The minimum Gasteiger partial charge on any atom is -0.258 e. The number of nitro groups is 2. The number of hydrogen-bond donors (Lipinski definition) is 0. The molecule has 0 bridgehead atoms. The zero-order chi connectivity index (χ0) is 11.6. The van der Waals surface area contributed by atoms with Crippen LogP contribution in [0.3, 0.4) is 0 Å². The van der Waals surface area contributed by atoms with E-state index in [1.165, 1.54) is 6.07 Å². The lowest BCUT2D eigenvalue weighted by atomic mass is 10.0. The van der Waals surface area contributed by atoms with Gasteiger partial charge in [-0.2, -0.15) is 0 Å². The van der Waals surface area contributed by atoms with Crippen LogP contribution in [0.5, 0.6) is 0 Å². The van der Waals surface area contributed by atoms with Crippen molar-refractivity contribution >= 4 is 0 Å². The molecule has 6 heteroatoms. The van der Waals surface area contributed by atoms with Gasteiger partial charge < -0.3 is 0 Å². The maximum absolute atomic E-state index is 10.5. The molecular formula is C9H10N2O4. The van der Waals surface area contributed by atoms with E-state index in [9.17, 15) is 20.2 Å². The van der Waals surface area contributed by atoms with Gasteiger partial charge in [0.2, 0.25) is 0 Å². The molecule has 0 atom stereocenters. The predicted octanol–water partition coefficient (Wildman–Crippen LogP) is 1.86. The van der Waals surface area contributed by atoms with Gasteiger partial charge in [-0.05, 0) is 25.5 Å². The number of aryl methyl sites for hydroxylation is 2. The molecule has 0 aromatic heterocycles. The van der Waals surface area contributed by atoms with Crippen molar-refractivity contribution in [1.82, 2.24) is 0 Å². The third-order valence-corrected chi connectivity index (χ3v) is 2.10. The first-order valence-corrected chi connectivity index (χ1v) is 4.27. The third kappa shape index (κ3) is 2.28. The van der Waals surface area contributed by atoms with Gasteiger partial charge in [0.15, 0.2) is 0 Å². The molecule has 0 fully saturated rings. The van der Waals surface area contributed by atoms with Gasteiger partial charge in [0.05, 0.1) is 0 Å². The van der Waals surface area contributed by atoms with Gasteiger partial charge in [-0.3, -0.25) is 20.2 Å². The van der Waals surface area contributed by atoms with E-state index in [0.29, 0.717) is 5.56 Å². The molecule has 0 aliphatic carbocycles. The van der Waals surface area contributed by atoms with Crippen molar-refractivity contribution < 1.29 is 9.85 Å². The topological polar surface area (TPSA) is 86.3 Å². The number of benzene rings is 1. The first kappa shape index (κ1) is 11.1. The molecule has 80 valence electrons. The standard InChI is InChI=1S/C9H10N2O4/c1-6-3-4-8(7(2)5-6)9(10(12)13)11(14)15/h3-5,9H,1-2H3. The summed E-state index contributed by atoms with van der Waals surface area (Å²) in [5.41, 5.74) is 1.62. The molecule has 0 amide bonds. The number of rotatable bonds is 3. The molecule has 0 aliphatic rings. The Balaban J connectivity index is 3.23. The Bertz CT molecular complexity index is 403. The quantitative estimate of drug-likeness (QED) is 0.432. The van der Waals surface area contributed by atoms with E-state index >= 15 is 0 Å². The van der Waals surface area contributed by atoms with Crippen LogP contribution in [0.25, 0.3) is 0 Å². The number of nitrogens with zero attached hydrogens (tertiary/aromatic N) is 2.